The molecule has 0 heterocycles. The standard InChI is InChI=1S/C23H20Cl2N2O4/c1-29-21-12-17(10-11-19(21)30-14-16-6-3-2-4-7-16)13-26-27-22(28)15-31-20-9-5-8-18(24)23(20)25/h2-13H,14-15H2,1H3,(H,27,28)/b26-13+. The van der Waals surface area contributed by atoms with E-state index in [4.69, 9.17) is 37.4 Å². The van der Waals surface area contributed by atoms with E-state index in [1.54, 1.807) is 43.5 Å². The van der Waals surface area contributed by atoms with Crippen LogP contribution >= 0.6 is 23.2 Å². The van der Waals surface area contributed by atoms with Gasteiger partial charge in [0.15, 0.2) is 18.1 Å². The molecule has 0 aliphatic rings. The number of carbonyl (C=O) groups is 1. The van der Waals surface area contributed by atoms with Gasteiger partial charge in [-0.05, 0) is 41.5 Å². The van der Waals surface area contributed by atoms with Crippen molar-refractivity contribution in [1.82, 2.24) is 5.43 Å². The van der Waals surface area contributed by atoms with E-state index in [1.807, 2.05) is 30.3 Å². The van der Waals surface area contributed by atoms with Crippen LogP contribution in [0.25, 0.3) is 0 Å². The first-order chi connectivity index (χ1) is 15.1. The van der Waals surface area contributed by atoms with Gasteiger partial charge < -0.3 is 14.2 Å². The zero-order valence-electron chi connectivity index (χ0n) is 16.7. The maximum Gasteiger partial charge on any atom is 0.277 e. The average Bonchev–Trinajstić information content (AvgIpc) is 2.79. The number of ether oxygens (including phenoxy) is 3. The van der Waals surface area contributed by atoms with Crippen LogP contribution in [0.2, 0.25) is 10.0 Å². The van der Waals surface area contributed by atoms with Crippen LogP contribution in [0.3, 0.4) is 0 Å². The van der Waals surface area contributed by atoms with Gasteiger partial charge in [-0.25, -0.2) is 5.43 Å². The Balaban J connectivity index is 1.53. The van der Waals surface area contributed by atoms with Crippen LogP contribution in [-0.4, -0.2) is 25.8 Å². The SMILES string of the molecule is COc1cc(/C=N/NC(=O)COc2cccc(Cl)c2Cl)ccc1OCc1ccccc1. The van der Waals surface area contributed by atoms with Crippen molar-refractivity contribution >= 4 is 35.3 Å². The molecule has 0 bridgehead atoms. The number of hydrazone groups is 1. The number of methoxy groups -OCH3 is 1. The first-order valence-corrected chi connectivity index (χ1v) is 10.1. The number of hydrogen-bond acceptors (Lipinski definition) is 5. The predicted octanol–water partition coefficient (Wildman–Crippen LogP) is 5.11. The lowest BCUT2D eigenvalue weighted by Gasteiger charge is -2.11. The highest BCUT2D eigenvalue weighted by atomic mass is 35.5. The number of rotatable bonds is 9. The molecule has 0 unspecified atom stereocenters. The van der Waals surface area contributed by atoms with E-state index in [2.05, 4.69) is 10.5 Å². The molecule has 3 rings (SSSR count). The molecule has 6 nitrogen and oxygen atoms in total. The van der Waals surface area contributed by atoms with Crippen molar-refractivity contribution in [2.45, 2.75) is 6.61 Å². The van der Waals surface area contributed by atoms with Crippen molar-refractivity contribution < 1.29 is 19.0 Å². The topological polar surface area (TPSA) is 69.2 Å². The van der Waals surface area contributed by atoms with Crippen LogP contribution in [0.15, 0.2) is 71.8 Å². The summed E-state index contributed by atoms with van der Waals surface area (Å²) in [6, 6.07) is 20.1. The van der Waals surface area contributed by atoms with E-state index in [1.165, 1.54) is 6.21 Å². The summed E-state index contributed by atoms with van der Waals surface area (Å²) in [6.45, 7) is 0.171. The molecule has 0 atom stereocenters. The molecule has 3 aromatic carbocycles. The van der Waals surface area contributed by atoms with Gasteiger partial charge in [-0.3, -0.25) is 4.79 Å². The van der Waals surface area contributed by atoms with Crippen molar-refractivity contribution in [1.29, 1.82) is 0 Å². The van der Waals surface area contributed by atoms with Crippen molar-refractivity contribution in [3.8, 4) is 17.2 Å². The summed E-state index contributed by atoms with van der Waals surface area (Å²) in [7, 11) is 1.56. The summed E-state index contributed by atoms with van der Waals surface area (Å²) in [5.41, 5.74) is 4.17. The lowest BCUT2D eigenvalue weighted by Crippen LogP contribution is -2.24. The Morgan fingerprint density at radius 3 is 2.55 bits per heavy atom. The molecule has 0 aliphatic carbocycles. The number of halogens is 2. The number of hydrogen-bond donors (Lipinski definition) is 1. The molecule has 8 heteroatoms. The molecule has 0 fully saturated rings. The van der Waals surface area contributed by atoms with Gasteiger partial charge in [0.2, 0.25) is 0 Å². The Morgan fingerprint density at radius 2 is 1.77 bits per heavy atom. The predicted molar refractivity (Wildman–Crippen MR) is 121 cm³/mol. The maximum absolute atomic E-state index is 11.9. The van der Waals surface area contributed by atoms with Crippen LogP contribution < -0.4 is 19.6 Å². The lowest BCUT2D eigenvalue weighted by atomic mass is 10.2. The van der Waals surface area contributed by atoms with E-state index in [-0.39, 0.29) is 11.6 Å². The van der Waals surface area contributed by atoms with Gasteiger partial charge in [0.05, 0.1) is 18.3 Å². The van der Waals surface area contributed by atoms with Gasteiger partial charge in [0, 0.05) is 0 Å². The smallest absolute Gasteiger partial charge is 0.277 e. The van der Waals surface area contributed by atoms with Crippen molar-refractivity contribution in [2.24, 2.45) is 5.10 Å². The summed E-state index contributed by atoms with van der Waals surface area (Å²) in [5.74, 6) is 1.05. The maximum atomic E-state index is 11.9. The van der Waals surface area contributed by atoms with Gasteiger partial charge in [-0.1, -0.05) is 59.6 Å². The Kier molecular flexibility index (Phi) is 8.15. The second kappa shape index (κ2) is 11.2. The molecular weight excluding hydrogens is 439 g/mol. The average molecular weight is 459 g/mol. The summed E-state index contributed by atoms with van der Waals surface area (Å²) in [5, 5.41) is 4.53. The highest BCUT2D eigenvalue weighted by Gasteiger charge is 2.08. The minimum atomic E-state index is -0.443. The molecule has 0 spiro atoms. The fourth-order valence-corrected chi connectivity index (χ4v) is 2.92. The van der Waals surface area contributed by atoms with Gasteiger partial charge in [0.25, 0.3) is 5.91 Å². The number of carbonyl (C=O) groups excluding carboxylic acids is 1. The molecule has 3 aromatic rings. The van der Waals surface area contributed by atoms with Crippen LogP contribution in [-0.2, 0) is 11.4 Å². The Morgan fingerprint density at radius 1 is 0.968 bits per heavy atom. The fourth-order valence-electron chi connectivity index (χ4n) is 2.57. The quantitative estimate of drug-likeness (QED) is 0.357. The molecule has 1 N–H and O–H groups in total. The van der Waals surface area contributed by atoms with Crippen LogP contribution in [0.4, 0.5) is 0 Å². The van der Waals surface area contributed by atoms with E-state index >= 15 is 0 Å². The lowest BCUT2D eigenvalue weighted by molar-refractivity contribution is -0.123. The number of amides is 1. The first-order valence-electron chi connectivity index (χ1n) is 9.30. The normalized spacial score (nSPS) is 10.7. The molecule has 31 heavy (non-hydrogen) atoms. The van der Waals surface area contributed by atoms with Crippen LogP contribution in [0, 0.1) is 0 Å². The molecule has 0 aromatic heterocycles. The van der Waals surface area contributed by atoms with Gasteiger partial charge >= 0.3 is 0 Å². The van der Waals surface area contributed by atoms with Crippen molar-refractivity contribution in [2.75, 3.05) is 13.7 Å². The largest absolute Gasteiger partial charge is 0.493 e. The first kappa shape index (κ1) is 22.5. The molecule has 160 valence electrons. The third kappa shape index (κ3) is 6.64. The third-order valence-corrected chi connectivity index (χ3v) is 4.90. The molecule has 0 aliphatic heterocycles. The van der Waals surface area contributed by atoms with E-state index in [0.29, 0.717) is 28.9 Å². The second-order valence-corrected chi connectivity index (χ2v) is 7.10. The molecule has 0 saturated heterocycles. The molecule has 1 amide bonds. The van der Waals surface area contributed by atoms with E-state index in [0.717, 1.165) is 11.1 Å². The van der Waals surface area contributed by atoms with E-state index < -0.39 is 5.91 Å². The van der Waals surface area contributed by atoms with Crippen molar-refractivity contribution in [3.63, 3.8) is 0 Å². The Hall–Kier alpha value is -3.22. The van der Waals surface area contributed by atoms with Crippen LogP contribution in [0.1, 0.15) is 11.1 Å². The molecule has 0 radical (unpaired) electrons. The molecule has 0 saturated carbocycles. The minimum absolute atomic E-state index is 0.252. The summed E-state index contributed by atoms with van der Waals surface area (Å²) in [6.07, 6.45) is 1.49. The van der Waals surface area contributed by atoms with Crippen molar-refractivity contribution in [3.05, 3.63) is 87.9 Å². The van der Waals surface area contributed by atoms with Gasteiger partial charge in [-0.15, -0.1) is 0 Å². The molecular formula is C23H20Cl2N2O4. The highest BCUT2D eigenvalue weighted by Crippen LogP contribution is 2.31. The Bertz CT molecular complexity index is 1060. The number of nitrogens with zero attached hydrogens (tertiary/aromatic N) is 1. The summed E-state index contributed by atoms with van der Waals surface area (Å²) in [4.78, 5) is 11.9. The Labute approximate surface area is 190 Å². The second-order valence-electron chi connectivity index (χ2n) is 6.32. The fraction of sp³-hybridized carbons (Fsp3) is 0.130. The van der Waals surface area contributed by atoms with Gasteiger partial charge in [0.1, 0.15) is 17.4 Å². The zero-order chi connectivity index (χ0) is 22.1. The van der Waals surface area contributed by atoms with Gasteiger partial charge in [-0.2, -0.15) is 5.10 Å². The third-order valence-electron chi connectivity index (χ3n) is 4.10. The highest BCUT2D eigenvalue weighted by molar-refractivity contribution is 6.42. The van der Waals surface area contributed by atoms with E-state index in [9.17, 15) is 4.79 Å². The summed E-state index contributed by atoms with van der Waals surface area (Å²) >= 11 is 11.9. The summed E-state index contributed by atoms with van der Waals surface area (Å²) < 4.78 is 16.6. The monoisotopic (exact) mass is 458 g/mol. The number of nitrogens with one attached hydrogen (secondary N) is 1. The zero-order valence-corrected chi connectivity index (χ0v) is 18.2. The number of benzene rings is 3. The van der Waals surface area contributed by atoms with Crippen LogP contribution in [0.5, 0.6) is 17.2 Å². The minimum Gasteiger partial charge on any atom is -0.493 e.